The van der Waals surface area contributed by atoms with Gasteiger partial charge in [-0.15, -0.1) is 11.3 Å². The number of carbonyl (C=O) groups excluding carboxylic acids is 2. The van der Waals surface area contributed by atoms with Gasteiger partial charge in [0, 0.05) is 12.6 Å². The van der Waals surface area contributed by atoms with Gasteiger partial charge >= 0.3 is 0 Å². The zero-order valence-electron chi connectivity index (χ0n) is 13.2. The highest BCUT2D eigenvalue weighted by atomic mass is 32.1. The number of amides is 2. The van der Waals surface area contributed by atoms with Crippen LogP contribution in [0.15, 0.2) is 35.8 Å². The molecule has 0 aliphatic carbocycles. The molecular weight excluding hydrogens is 310 g/mol. The third-order valence-corrected chi connectivity index (χ3v) is 4.86. The van der Waals surface area contributed by atoms with E-state index in [1.54, 1.807) is 10.4 Å². The molecular formula is C17H19N3O2S. The van der Waals surface area contributed by atoms with Gasteiger partial charge in [-0.3, -0.25) is 9.59 Å². The summed E-state index contributed by atoms with van der Waals surface area (Å²) < 4.78 is 0. The summed E-state index contributed by atoms with van der Waals surface area (Å²) in [6.45, 7) is 4.65. The Kier molecular flexibility index (Phi) is 4.43. The van der Waals surface area contributed by atoms with Crippen LogP contribution in [0.4, 0.5) is 0 Å². The molecule has 1 aromatic heterocycles. The topological polar surface area (TPSA) is 62.3 Å². The van der Waals surface area contributed by atoms with Crippen LogP contribution in [-0.4, -0.2) is 40.3 Å². The summed E-state index contributed by atoms with van der Waals surface area (Å²) in [5.74, 6) is -0.293. The minimum atomic E-state index is -0.449. The first-order valence-electron chi connectivity index (χ1n) is 7.68. The smallest absolute Gasteiger partial charge is 0.272 e. The monoisotopic (exact) mass is 329 g/mol. The van der Waals surface area contributed by atoms with Crippen molar-refractivity contribution in [3.8, 4) is 10.4 Å². The Morgan fingerprint density at radius 1 is 1.35 bits per heavy atom. The van der Waals surface area contributed by atoms with Crippen molar-refractivity contribution >= 4 is 23.2 Å². The molecule has 2 aromatic rings. The second kappa shape index (κ2) is 6.50. The number of hydrogen-bond acceptors (Lipinski definition) is 4. The van der Waals surface area contributed by atoms with Crippen molar-refractivity contribution in [3.05, 3.63) is 41.5 Å². The van der Waals surface area contributed by atoms with E-state index in [4.69, 9.17) is 0 Å². The second-order valence-corrected chi connectivity index (χ2v) is 6.69. The molecule has 6 heteroatoms. The van der Waals surface area contributed by atoms with E-state index in [9.17, 15) is 9.59 Å². The van der Waals surface area contributed by atoms with Crippen LogP contribution in [0.5, 0.6) is 0 Å². The van der Waals surface area contributed by atoms with E-state index in [-0.39, 0.29) is 17.9 Å². The first kappa shape index (κ1) is 15.7. The van der Waals surface area contributed by atoms with Crippen molar-refractivity contribution in [1.82, 2.24) is 15.2 Å². The highest BCUT2D eigenvalue weighted by Gasteiger charge is 2.34. The molecule has 1 unspecified atom stereocenters. The highest BCUT2D eigenvalue weighted by molar-refractivity contribution is 7.13. The van der Waals surface area contributed by atoms with Gasteiger partial charge in [-0.25, -0.2) is 4.98 Å². The van der Waals surface area contributed by atoms with Gasteiger partial charge in [0.2, 0.25) is 5.91 Å². The zero-order valence-corrected chi connectivity index (χ0v) is 14.0. The molecule has 1 N–H and O–H groups in total. The predicted molar refractivity (Wildman–Crippen MR) is 90.3 cm³/mol. The van der Waals surface area contributed by atoms with Gasteiger partial charge in [-0.05, 0) is 25.8 Å². The molecule has 0 spiro atoms. The third kappa shape index (κ3) is 3.12. The average molecular weight is 329 g/mol. The second-order valence-electron chi connectivity index (χ2n) is 5.84. The van der Waals surface area contributed by atoms with Crippen LogP contribution in [0.2, 0.25) is 0 Å². The molecule has 2 amide bonds. The number of hydrogen-bond donors (Lipinski definition) is 1. The van der Waals surface area contributed by atoms with E-state index in [0.29, 0.717) is 18.7 Å². The van der Waals surface area contributed by atoms with Crippen LogP contribution in [0.25, 0.3) is 10.4 Å². The molecule has 1 aliphatic rings. The summed E-state index contributed by atoms with van der Waals surface area (Å²) in [6, 6.07) is 9.40. The molecule has 3 rings (SSSR count). The maximum absolute atomic E-state index is 12.5. The van der Waals surface area contributed by atoms with Gasteiger partial charge in [-0.2, -0.15) is 0 Å². The fraction of sp³-hybridized carbons (Fsp3) is 0.353. The summed E-state index contributed by atoms with van der Waals surface area (Å²) in [6.07, 6.45) is 0.646. The summed E-state index contributed by atoms with van der Waals surface area (Å²) in [4.78, 5) is 31.7. The lowest BCUT2D eigenvalue weighted by atomic mass is 10.1. The van der Waals surface area contributed by atoms with E-state index in [1.165, 1.54) is 11.3 Å². The van der Waals surface area contributed by atoms with Crippen molar-refractivity contribution in [2.45, 2.75) is 32.4 Å². The molecule has 0 bridgehead atoms. The largest absolute Gasteiger partial charge is 0.339 e. The van der Waals surface area contributed by atoms with Gasteiger partial charge < -0.3 is 10.2 Å². The number of nitrogens with one attached hydrogen (secondary N) is 1. The van der Waals surface area contributed by atoms with Crippen LogP contribution in [0.1, 0.15) is 30.8 Å². The van der Waals surface area contributed by atoms with E-state index in [2.05, 4.69) is 10.3 Å². The molecule has 1 saturated heterocycles. The maximum atomic E-state index is 12.5. The molecule has 1 aromatic carbocycles. The molecule has 1 fully saturated rings. The lowest BCUT2D eigenvalue weighted by molar-refractivity contribution is -0.130. The van der Waals surface area contributed by atoms with Crippen LogP contribution in [0, 0.1) is 0 Å². The lowest BCUT2D eigenvalue weighted by Crippen LogP contribution is -2.43. The quantitative estimate of drug-likeness (QED) is 0.938. The number of nitrogens with zero attached hydrogens (tertiary/aromatic N) is 2. The molecule has 5 nitrogen and oxygen atoms in total. The van der Waals surface area contributed by atoms with Gasteiger partial charge in [0.15, 0.2) is 0 Å². The Hall–Kier alpha value is -2.21. The van der Waals surface area contributed by atoms with Gasteiger partial charge in [0.1, 0.15) is 11.7 Å². The van der Waals surface area contributed by atoms with Gasteiger partial charge in [0.25, 0.3) is 5.91 Å². The summed E-state index contributed by atoms with van der Waals surface area (Å²) in [5, 5.41) is 2.84. The van der Waals surface area contributed by atoms with Crippen LogP contribution < -0.4 is 5.32 Å². The molecule has 2 heterocycles. The number of aromatic nitrogens is 1. The molecule has 1 aliphatic heterocycles. The van der Waals surface area contributed by atoms with Gasteiger partial charge in [-0.1, -0.05) is 30.3 Å². The van der Waals surface area contributed by atoms with Gasteiger partial charge in [0.05, 0.1) is 10.4 Å². The number of likely N-dealkylation sites (tertiary alicyclic amines) is 1. The summed E-state index contributed by atoms with van der Waals surface area (Å²) in [7, 11) is 0. The zero-order chi connectivity index (χ0) is 16.4. The van der Waals surface area contributed by atoms with E-state index in [1.807, 2.05) is 44.2 Å². The minimum absolute atomic E-state index is 0.00941. The predicted octanol–water partition coefficient (Wildman–Crippen LogP) is 2.55. The standard InChI is InChI=1S/C17H19N3O2S/c1-11(2)20-9-8-13(17(20)22)19-16(21)14-15(23-10-18-14)12-6-4-3-5-7-12/h3-7,10-11,13H,8-9H2,1-2H3,(H,19,21). The van der Waals surface area contributed by atoms with Crippen molar-refractivity contribution in [2.24, 2.45) is 0 Å². The molecule has 0 radical (unpaired) electrons. The normalized spacial score (nSPS) is 17.8. The van der Waals surface area contributed by atoms with Crippen molar-refractivity contribution in [1.29, 1.82) is 0 Å². The number of rotatable bonds is 4. The number of thiazole rings is 1. The van der Waals surface area contributed by atoms with Crippen LogP contribution >= 0.6 is 11.3 Å². The minimum Gasteiger partial charge on any atom is -0.339 e. The SMILES string of the molecule is CC(C)N1CCC(NC(=O)c2ncsc2-c2ccccc2)C1=O. The Morgan fingerprint density at radius 3 is 2.74 bits per heavy atom. The van der Waals surface area contributed by atoms with Crippen molar-refractivity contribution < 1.29 is 9.59 Å². The van der Waals surface area contributed by atoms with Crippen molar-refractivity contribution in [2.75, 3.05) is 6.54 Å². The number of benzene rings is 1. The fourth-order valence-corrected chi connectivity index (χ4v) is 3.57. The third-order valence-electron chi connectivity index (χ3n) is 3.99. The number of carbonyl (C=O) groups is 2. The first-order valence-corrected chi connectivity index (χ1v) is 8.56. The molecule has 23 heavy (non-hydrogen) atoms. The molecule has 0 saturated carbocycles. The Labute approximate surface area is 139 Å². The maximum Gasteiger partial charge on any atom is 0.272 e. The Morgan fingerprint density at radius 2 is 2.09 bits per heavy atom. The van der Waals surface area contributed by atoms with E-state index >= 15 is 0 Å². The van der Waals surface area contributed by atoms with E-state index in [0.717, 1.165) is 10.4 Å². The Bertz CT molecular complexity index is 712. The fourth-order valence-electron chi connectivity index (χ4n) is 2.78. The summed E-state index contributed by atoms with van der Waals surface area (Å²) >= 11 is 1.43. The highest BCUT2D eigenvalue weighted by Crippen LogP contribution is 2.27. The Balaban J connectivity index is 1.76. The van der Waals surface area contributed by atoms with Crippen LogP contribution in [0.3, 0.4) is 0 Å². The first-order chi connectivity index (χ1) is 11.1. The molecule has 120 valence electrons. The average Bonchev–Trinajstić information content (AvgIpc) is 3.16. The lowest BCUT2D eigenvalue weighted by Gasteiger charge is -2.21. The summed E-state index contributed by atoms with van der Waals surface area (Å²) in [5.41, 5.74) is 3.01. The molecule has 1 atom stereocenters. The van der Waals surface area contributed by atoms with Crippen LogP contribution in [-0.2, 0) is 4.79 Å². The van der Waals surface area contributed by atoms with E-state index < -0.39 is 6.04 Å². The van der Waals surface area contributed by atoms with Crippen molar-refractivity contribution in [3.63, 3.8) is 0 Å².